The smallest absolute Gasteiger partial charge is 0.417 e. The van der Waals surface area contributed by atoms with Gasteiger partial charge in [0.15, 0.2) is 0 Å². The average Bonchev–Trinajstić information content (AvgIpc) is 2.17. The monoisotopic (exact) mass is 281 g/mol. The lowest BCUT2D eigenvalue weighted by molar-refractivity contribution is -0.138. The number of rotatable bonds is 4. The molecule has 0 saturated heterocycles. The quantitative estimate of drug-likeness (QED) is 0.886. The van der Waals surface area contributed by atoms with Crippen molar-refractivity contribution in [2.75, 3.05) is 5.32 Å². The zero-order valence-electron chi connectivity index (χ0n) is 9.38. The first kappa shape index (κ1) is 14.6. The van der Waals surface area contributed by atoms with E-state index in [0.29, 0.717) is 0 Å². The van der Waals surface area contributed by atoms with Crippen LogP contribution in [0.2, 0.25) is 5.02 Å². The Kier molecular flexibility index (Phi) is 4.45. The van der Waals surface area contributed by atoms with Gasteiger partial charge in [-0.2, -0.15) is 13.2 Å². The van der Waals surface area contributed by atoms with Gasteiger partial charge in [0.25, 0.3) is 0 Å². The maximum Gasteiger partial charge on any atom is 0.417 e. The molecule has 1 unspecified atom stereocenters. The van der Waals surface area contributed by atoms with Crippen molar-refractivity contribution in [3.8, 4) is 0 Å². The van der Waals surface area contributed by atoms with E-state index in [2.05, 4.69) is 5.32 Å². The molecule has 3 nitrogen and oxygen atoms in total. The van der Waals surface area contributed by atoms with Crippen LogP contribution in [0.3, 0.4) is 0 Å². The van der Waals surface area contributed by atoms with E-state index in [9.17, 15) is 18.0 Å². The third kappa shape index (κ3) is 4.10. The highest BCUT2D eigenvalue weighted by Crippen LogP contribution is 2.36. The summed E-state index contributed by atoms with van der Waals surface area (Å²) in [6, 6.07) is 2.88. The molecule has 0 amide bonds. The molecule has 0 aliphatic rings. The third-order valence-electron chi connectivity index (χ3n) is 2.17. The first-order valence-electron chi connectivity index (χ1n) is 5.05. The van der Waals surface area contributed by atoms with Crippen LogP contribution in [0.4, 0.5) is 18.9 Å². The summed E-state index contributed by atoms with van der Waals surface area (Å²) in [6.45, 7) is 1.57. The number of carboxylic acid groups (broad SMARTS) is 1. The zero-order valence-corrected chi connectivity index (χ0v) is 10.1. The molecule has 0 aliphatic carbocycles. The minimum absolute atomic E-state index is 0.181. The lowest BCUT2D eigenvalue weighted by Crippen LogP contribution is -2.19. The predicted octanol–water partition coefficient (Wildman–Crippen LogP) is 3.63. The number of benzene rings is 1. The Balaban J connectivity index is 2.89. The Labute approximate surface area is 107 Å². The zero-order chi connectivity index (χ0) is 13.9. The van der Waals surface area contributed by atoms with Gasteiger partial charge >= 0.3 is 12.1 Å². The second-order valence-corrected chi connectivity index (χ2v) is 4.24. The topological polar surface area (TPSA) is 49.3 Å². The minimum Gasteiger partial charge on any atom is -0.481 e. The van der Waals surface area contributed by atoms with Crippen molar-refractivity contribution in [3.05, 3.63) is 28.8 Å². The Hall–Kier alpha value is -1.43. The van der Waals surface area contributed by atoms with Crippen LogP contribution in [-0.2, 0) is 11.0 Å². The Morgan fingerprint density at radius 2 is 2.11 bits per heavy atom. The van der Waals surface area contributed by atoms with E-state index in [1.807, 2.05) is 0 Å². The minimum atomic E-state index is -4.54. The second kappa shape index (κ2) is 5.48. The number of anilines is 1. The van der Waals surface area contributed by atoms with E-state index in [0.717, 1.165) is 12.1 Å². The van der Waals surface area contributed by atoms with Crippen molar-refractivity contribution >= 4 is 23.3 Å². The number of carboxylic acids is 1. The Morgan fingerprint density at radius 1 is 1.50 bits per heavy atom. The van der Waals surface area contributed by atoms with Crippen molar-refractivity contribution in [2.24, 2.45) is 0 Å². The molecule has 0 bridgehead atoms. The van der Waals surface area contributed by atoms with Gasteiger partial charge in [0.2, 0.25) is 0 Å². The fourth-order valence-electron chi connectivity index (χ4n) is 1.43. The molecule has 7 heteroatoms. The Morgan fingerprint density at radius 3 is 2.61 bits per heavy atom. The Bertz CT molecular complexity index is 448. The molecule has 0 saturated carbocycles. The summed E-state index contributed by atoms with van der Waals surface area (Å²) >= 11 is 5.46. The lowest BCUT2D eigenvalue weighted by Gasteiger charge is -2.15. The first-order chi connectivity index (χ1) is 8.20. The van der Waals surface area contributed by atoms with Crippen LogP contribution in [0.1, 0.15) is 18.9 Å². The van der Waals surface area contributed by atoms with Crippen LogP contribution < -0.4 is 5.32 Å². The number of hydrogen-bond donors (Lipinski definition) is 2. The van der Waals surface area contributed by atoms with Crippen molar-refractivity contribution in [2.45, 2.75) is 25.6 Å². The van der Waals surface area contributed by atoms with E-state index in [1.54, 1.807) is 6.92 Å². The van der Waals surface area contributed by atoms with Crippen LogP contribution >= 0.6 is 11.6 Å². The maximum absolute atomic E-state index is 12.6. The molecule has 2 N–H and O–H groups in total. The van der Waals surface area contributed by atoms with Crippen molar-refractivity contribution in [1.29, 1.82) is 0 Å². The van der Waals surface area contributed by atoms with Crippen molar-refractivity contribution < 1.29 is 23.1 Å². The highest BCUT2D eigenvalue weighted by atomic mass is 35.5. The molecule has 18 heavy (non-hydrogen) atoms. The van der Waals surface area contributed by atoms with Gasteiger partial charge in [-0.3, -0.25) is 4.79 Å². The number of nitrogens with one attached hydrogen (secondary N) is 1. The van der Waals surface area contributed by atoms with Gasteiger partial charge in [0.1, 0.15) is 0 Å². The molecule has 0 fully saturated rings. The number of halogens is 4. The average molecular weight is 282 g/mol. The summed E-state index contributed by atoms with van der Waals surface area (Å²) in [5.41, 5.74) is -0.767. The summed E-state index contributed by atoms with van der Waals surface area (Å²) in [6.07, 6.45) is -4.73. The van der Waals surface area contributed by atoms with Crippen LogP contribution in [0.5, 0.6) is 0 Å². The van der Waals surface area contributed by atoms with E-state index in [-0.39, 0.29) is 17.1 Å². The molecule has 1 aromatic rings. The van der Waals surface area contributed by atoms with Crippen LogP contribution in [0.25, 0.3) is 0 Å². The molecule has 1 atom stereocenters. The van der Waals surface area contributed by atoms with Gasteiger partial charge in [-0.15, -0.1) is 0 Å². The fraction of sp³-hybridized carbons (Fsp3) is 0.364. The molecule has 0 spiro atoms. The van der Waals surface area contributed by atoms with Gasteiger partial charge in [0, 0.05) is 11.7 Å². The third-order valence-corrected chi connectivity index (χ3v) is 2.50. The van der Waals surface area contributed by atoms with E-state index < -0.39 is 23.8 Å². The highest BCUT2D eigenvalue weighted by molar-refractivity contribution is 6.31. The molecule has 0 heterocycles. The normalized spacial score (nSPS) is 13.2. The van der Waals surface area contributed by atoms with Gasteiger partial charge in [-0.1, -0.05) is 11.6 Å². The highest BCUT2D eigenvalue weighted by Gasteiger charge is 2.33. The fourth-order valence-corrected chi connectivity index (χ4v) is 1.65. The van der Waals surface area contributed by atoms with Gasteiger partial charge in [0.05, 0.1) is 17.0 Å². The molecule has 0 aromatic heterocycles. The van der Waals surface area contributed by atoms with Gasteiger partial charge in [-0.05, 0) is 25.1 Å². The van der Waals surface area contributed by atoms with E-state index in [4.69, 9.17) is 16.7 Å². The number of aliphatic carboxylic acids is 1. The van der Waals surface area contributed by atoms with Crippen LogP contribution in [0, 0.1) is 0 Å². The summed E-state index contributed by atoms with van der Waals surface area (Å²) in [5.74, 6) is -1.03. The molecule has 0 aliphatic heterocycles. The van der Waals surface area contributed by atoms with Crippen molar-refractivity contribution in [1.82, 2.24) is 0 Å². The molecular formula is C11H11ClF3NO2. The van der Waals surface area contributed by atoms with E-state index >= 15 is 0 Å². The lowest BCUT2D eigenvalue weighted by atomic mass is 10.1. The van der Waals surface area contributed by atoms with E-state index in [1.165, 1.54) is 6.07 Å². The predicted molar refractivity (Wildman–Crippen MR) is 61.8 cm³/mol. The van der Waals surface area contributed by atoms with Crippen molar-refractivity contribution in [3.63, 3.8) is 0 Å². The first-order valence-corrected chi connectivity index (χ1v) is 5.43. The summed E-state index contributed by atoms with van der Waals surface area (Å²) in [7, 11) is 0. The number of carbonyl (C=O) groups is 1. The molecular weight excluding hydrogens is 271 g/mol. The maximum atomic E-state index is 12.6. The summed E-state index contributed by atoms with van der Waals surface area (Å²) < 4.78 is 37.7. The summed E-state index contributed by atoms with van der Waals surface area (Å²) in [4.78, 5) is 10.4. The number of alkyl halides is 3. The van der Waals surface area contributed by atoms with Crippen LogP contribution in [0.15, 0.2) is 18.2 Å². The largest absolute Gasteiger partial charge is 0.481 e. The van der Waals surface area contributed by atoms with Crippen LogP contribution in [-0.4, -0.2) is 17.1 Å². The summed E-state index contributed by atoms with van der Waals surface area (Å²) in [5, 5.41) is 10.8. The molecule has 0 radical (unpaired) electrons. The number of hydrogen-bond acceptors (Lipinski definition) is 2. The molecule has 1 rings (SSSR count). The SMILES string of the molecule is CC(CC(=O)O)Nc1ccc(Cl)c(C(F)(F)F)c1. The van der Waals surface area contributed by atoms with Gasteiger partial charge < -0.3 is 10.4 Å². The second-order valence-electron chi connectivity index (χ2n) is 3.84. The molecule has 100 valence electrons. The molecule has 1 aromatic carbocycles. The van der Waals surface area contributed by atoms with Gasteiger partial charge in [-0.25, -0.2) is 0 Å². The standard InChI is InChI=1S/C11H11ClF3NO2/c1-6(4-10(17)18)16-7-2-3-9(12)8(5-7)11(13,14)15/h2-3,5-6,16H,4H2,1H3,(H,17,18).